The fraction of sp³-hybridized carbons (Fsp3) is 0.200. The molecule has 0 heterocycles. The van der Waals surface area contributed by atoms with Crippen LogP contribution in [-0.2, 0) is 9.63 Å². The van der Waals surface area contributed by atoms with Crippen molar-refractivity contribution < 1.29 is 19.5 Å². The Bertz CT molecular complexity index is 406. The molecule has 0 aliphatic rings. The molecule has 0 aliphatic carbocycles. The van der Waals surface area contributed by atoms with E-state index in [0.717, 1.165) is 10.0 Å². The van der Waals surface area contributed by atoms with Gasteiger partial charge in [-0.15, -0.1) is 0 Å². The SMILES string of the molecule is COc1ccc(C=NOCC(=O)O)cc1Br. The Balaban J connectivity index is 2.61. The molecule has 0 amide bonds. The Morgan fingerprint density at radius 3 is 2.94 bits per heavy atom. The molecule has 0 atom stereocenters. The van der Waals surface area contributed by atoms with Gasteiger partial charge in [0.25, 0.3) is 0 Å². The lowest BCUT2D eigenvalue weighted by Gasteiger charge is -2.02. The van der Waals surface area contributed by atoms with Crippen molar-refractivity contribution in [2.24, 2.45) is 5.16 Å². The molecule has 1 aromatic rings. The maximum Gasteiger partial charge on any atom is 0.344 e. The van der Waals surface area contributed by atoms with E-state index in [1.807, 2.05) is 0 Å². The topological polar surface area (TPSA) is 68.1 Å². The summed E-state index contributed by atoms with van der Waals surface area (Å²) in [6.45, 7) is -0.451. The van der Waals surface area contributed by atoms with Gasteiger partial charge in [0.15, 0.2) is 0 Å². The molecule has 0 fully saturated rings. The first kappa shape index (κ1) is 12.5. The van der Waals surface area contributed by atoms with Crippen LogP contribution in [0.4, 0.5) is 0 Å². The lowest BCUT2D eigenvalue weighted by molar-refractivity contribution is -0.142. The van der Waals surface area contributed by atoms with Crippen LogP contribution in [0.3, 0.4) is 0 Å². The fourth-order valence-electron chi connectivity index (χ4n) is 0.954. The van der Waals surface area contributed by atoms with Gasteiger partial charge in [0.2, 0.25) is 6.61 Å². The molecular weight excluding hydrogens is 278 g/mol. The molecule has 16 heavy (non-hydrogen) atoms. The van der Waals surface area contributed by atoms with Crippen LogP contribution in [0.2, 0.25) is 0 Å². The van der Waals surface area contributed by atoms with Crippen molar-refractivity contribution in [1.29, 1.82) is 0 Å². The Hall–Kier alpha value is -1.56. The Morgan fingerprint density at radius 2 is 2.38 bits per heavy atom. The third-order valence-corrected chi connectivity index (χ3v) is 2.26. The standard InChI is InChI=1S/C10H10BrNO4/c1-15-9-3-2-7(4-8(9)11)5-12-16-6-10(13)14/h2-5H,6H2,1H3,(H,13,14). The van der Waals surface area contributed by atoms with Gasteiger partial charge in [0, 0.05) is 0 Å². The van der Waals surface area contributed by atoms with Crippen molar-refractivity contribution in [3.05, 3.63) is 28.2 Å². The zero-order valence-electron chi connectivity index (χ0n) is 8.51. The number of benzene rings is 1. The molecule has 1 aromatic carbocycles. The van der Waals surface area contributed by atoms with Crippen molar-refractivity contribution in [1.82, 2.24) is 0 Å². The minimum Gasteiger partial charge on any atom is -0.496 e. The predicted octanol–water partition coefficient (Wildman–Crippen LogP) is 1.89. The highest BCUT2D eigenvalue weighted by atomic mass is 79.9. The molecule has 0 spiro atoms. The molecule has 0 radical (unpaired) electrons. The number of halogens is 1. The molecule has 0 aliphatic heterocycles. The van der Waals surface area contributed by atoms with Crippen LogP contribution in [0.25, 0.3) is 0 Å². The van der Waals surface area contributed by atoms with Crippen LogP contribution in [0.15, 0.2) is 27.8 Å². The van der Waals surface area contributed by atoms with E-state index in [0.29, 0.717) is 5.75 Å². The summed E-state index contributed by atoms with van der Waals surface area (Å²) in [4.78, 5) is 14.6. The molecule has 0 bridgehead atoms. The van der Waals surface area contributed by atoms with E-state index in [1.54, 1.807) is 25.3 Å². The molecule has 0 saturated carbocycles. The van der Waals surface area contributed by atoms with Crippen molar-refractivity contribution >= 4 is 28.1 Å². The second-order valence-corrected chi connectivity index (χ2v) is 3.65. The first-order valence-corrected chi connectivity index (χ1v) is 5.13. The van der Waals surface area contributed by atoms with Gasteiger partial charge < -0.3 is 14.7 Å². The van der Waals surface area contributed by atoms with E-state index in [9.17, 15) is 4.79 Å². The van der Waals surface area contributed by atoms with Gasteiger partial charge in [-0.25, -0.2) is 4.79 Å². The smallest absolute Gasteiger partial charge is 0.344 e. The number of carboxylic acid groups (broad SMARTS) is 1. The van der Waals surface area contributed by atoms with Crippen molar-refractivity contribution in [3.63, 3.8) is 0 Å². The van der Waals surface area contributed by atoms with Gasteiger partial charge >= 0.3 is 5.97 Å². The quantitative estimate of drug-likeness (QED) is 0.663. The van der Waals surface area contributed by atoms with Crippen LogP contribution >= 0.6 is 15.9 Å². The maximum atomic E-state index is 10.1. The van der Waals surface area contributed by atoms with Crippen molar-refractivity contribution in [3.8, 4) is 5.75 Å². The average Bonchev–Trinajstić information content (AvgIpc) is 2.24. The van der Waals surface area contributed by atoms with Crippen LogP contribution in [0, 0.1) is 0 Å². The molecule has 0 saturated heterocycles. The summed E-state index contributed by atoms with van der Waals surface area (Å²) >= 11 is 3.32. The first-order valence-electron chi connectivity index (χ1n) is 4.34. The highest BCUT2D eigenvalue weighted by Gasteiger charge is 1.99. The number of rotatable bonds is 5. The molecular formula is C10H10BrNO4. The normalized spacial score (nSPS) is 10.4. The van der Waals surface area contributed by atoms with Gasteiger partial charge in [-0.2, -0.15) is 0 Å². The summed E-state index contributed by atoms with van der Waals surface area (Å²) in [5.41, 5.74) is 0.776. The Labute approximate surface area is 101 Å². The highest BCUT2D eigenvalue weighted by molar-refractivity contribution is 9.10. The summed E-state index contributed by atoms with van der Waals surface area (Å²) in [6.07, 6.45) is 1.42. The monoisotopic (exact) mass is 287 g/mol. The average molecular weight is 288 g/mol. The zero-order chi connectivity index (χ0) is 12.0. The lowest BCUT2D eigenvalue weighted by Crippen LogP contribution is -2.03. The molecule has 1 rings (SSSR count). The Kier molecular flexibility index (Phi) is 4.78. The highest BCUT2D eigenvalue weighted by Crippen LogP contribution is 2.24. The largest absolute Gasteiger partial charge is 0.496 e. The van der Waals surface area contributed by atoms with Gasteiger partial charge in [-0.05, 0) is 39.7 Å². The number of oxime groups is 1. The van der Waals surface area contributed by atoms with Crippen LogP contribution in [0.1, 0.15) is 5.56 Å². The maximum absolute atomic E-state index is 10.1. The van der Waals surface area contributed by atoms with Crippen molar-refractivity contribution in [2.75, 3.05) is 13.7 Å². The summed E-state index contributed by atoms with van der Waals surface area (Å²) in [7, 11) is 1.57. The molecule has 5 nitrogen and oxygen atoms in total. The number of carbonyl (C=O) groups is 1. The number of hydrogen-bond donors (Lipinski definition) is 1. The van der Waals surface area contributed by atoms with Crippen LogP contribution < -0.4 is 4.74 Å². The minimum absolute atomic E-state index is 0.451. The summed E-state index contributed by atoms with van der Waals surface area (Å²) in [5, 5.41) is 11.8. The van der Waals surface area contributed by atoms with Gasteiger partial charge in [-0.3, -0.25) is 0 Å². The number of carboxylic acids is 1. The van der Waals surface area contributed by atoms with Gasteiger partial charge in [-0.1, -0.05) is 5.16 Å². The number of nitrogens with zero attached hydrogens (tertiary/aromatic N) is 1. The zero-order valence-corrected chi connectivity index (χ0v) is 10.1. The molecule has 1 N–H and O–H groups in total. The van der Waals surface area contributed by atoms with Crippen molar-refractivity contribution in [2.45, 2.75) is 0 Å². The van der Waals surface area contributed by atoms with E-state index in [4.69, 9.17) is 9.84 Å². The second-order valence-electron chi connectivity index (χ2n) is 2.80. The van der Waals surface area contributed by atoms with Gasteiger partial charge in [0.05, 0.1) is 17.8 Å². The van der Waals surface area contributed by atoms with Crippen LogP contribution in [0.5, 0.6) is 5.75 Å². The molecule has 0 aromatic heterocycles. The number of ether oxygens (including phenoxy) is 1. The van der Waals surface area contributed by atoms with E-state index in [1.165, 1.54) is 6.21 Å². The Morgan fingerprint density at radius 1 is 1.62 bits per heavy atom. The van der Waals surface area contributed by atoms with Crippen LogP contribution in [-0.4, -0.2) is 31.0 Å². The number of methoxy groups -OCH3 is 1. The molecule has 6 heteroatoms. The van der Waals surface area contributed by atoms with E-state index >= 15 is 0 Å². The van der Waals surface area contributed by atoms with E-state index < -0.39 is 12.6 Å². The number of hydrogen-bond acceptors (Lipinski definition) is 4. The second kappa shape index (κ2) is 6.12. The third-order valence-electron chi connectivity index (χ3n) is 1.64. The van der Waals surface area contributed by atoms with E-state index in [2.05, 4.69) is 25.9 Å². The van der Waals surface area contributed by atoms with Gasteiger partial charge in [0.1, 0.15) is 5.75 Å². The summed E-state index contributed by atoms with van der Waals surface area (Å²) in [5.74, 6) is -0.350. The fourth-order valence-corrected chi connectivity index (χ4v) is 1.51. The first-order chi connectivity index (χ1) is 7.63. The third kappa shape index (κ3) is 3.90. The number of aliphatic carboxylic acids is 1. The van der Waals surface area contributed by atoms with E-state index in [-0.39, 0.29) is 0 Å². The minimum atomic E-state index is -1.06. The molecule has 86 valence electrons. The summed E-state index contributed by atoms with van der Waals surface area (Å²) in [6, 6.07) is 5.33. The molecule has 0 unspecified atom stereocenters. The summed E-state index contributed by atoms with van der Waals surface area (Å²) < 4.78 is 5.85. The lowest BCUT2D eigenvalue weighted by atomic mass is 10.2. The predicted molar refractivity (Wildman–Crippen MR) is 61.9 cm³/mol.